The van der Waals surface area contributed by atoms with Crippen molar-refractivity contribution >= 4 is 5.91 Å². The quantitative estimate of drug-likeness (QED) is 0.877. The topological polar surface area (TPSA) is 64.8 Å². The predicted octanol–water partition coefficient (Wildman–Crippen LogP) is 2.44. The third kappa shape index (κ3) is 4.38. The zero-order valence-corrected chi connectivity index (χ0v) is 14.5. The third-order valence-electron chi connectivity index (χ3n) is 4.40. The number of amides is 1. The number of hydrogen-bond donors (Lipinski definition) is 1. The highest BCUT2D eigenvalue weighted by atomic mass is 16.5. The molecule has 1 saturated heterocycles. The van der Waals surface area contributed by atoms with Crippen LogP contribution in [0.4, 0.5) is 0 Å². The molecule has 2 aromatic carbocycles. The average Bonchev–Trinajstić information content (AvgIpc) is 2.63. The van der Waals surface area contributed by atoms with Crippen LogP contribution in [0, 0.1) is 0 Å². The van der Waals surface area contributed by atoms with Gasteiger partial charge in [-0.2, -0.15) is 0 Å². The van der Waals surface area contributed by atoms with Crippen molar-refractivity contribution < 1.29 is 14.3 Å². The first-order chi connectivity index (χ1) is 12.1. The van der Waals surface area contributed by atoms with Gasteiger partial charge >= 0.3 is 0 Å². The van der Waals surface area contributed by atoms with Gasteiger partial charge in [-0.25, -0.2) is 0 Å². The van der Waals surface area contributed by atoms with Gasteiger partial charge in [0.25, 0.3) is 5.91 Å². The maximum atomic E-state index is 11.4. The second-order valence-electron chi connectivity index (χ2n) is 6.20. The maximum Gasteiger partial charge on any atom is 0.258 e. The molecule has 2 N–H and O–H groups in total. The van der Waals surface area contributed by atoms with E-state index < -0.39 is 12.0 Å². The molecule has 3 rings (SSSR count). The SMILES string of the molecule is C[C@H](Oc1ccccc1-c1ccccc1CN1CCOCC1)C(N)=O. The number of carbonyl (C=O) groups excluding carboxylic acids is 1. The first-order valence-corrected chi connectivity index (χ1v) is 8.58. The summed E-state index contributed by atoms with van der Waals surface area (Å²) >= 11 is 0. The van der Waals surface area contributed by atoms with Gasteiger partial charge in [0.1, 0.15) is 5.75 Å². The van der Waals surface area contributed by atoms with Crippen molar-refractivity contribution in [2.45, 2.75) is 19.6 Å². The number of morpholine rings is 1. The molecule has 1 aliphatic heterocycles. The van der Waals surface area contributed by atoms with E-state index in [4.69, 9.17) is 15.2 Å². The summed E-state index contributed by atoms with van der Waals surface area (Å²) in [5.41, 5.74) is 8.66. The van der Waals surface area contributed by atoms with Crippen molar-refractivity contribution in [2.24, 2.45) is 5.73 Å². The minimum absolute atomic E-state index is 0.476. The lowest BCUT2D eigenvalue weighted by Gasteiger charge is -2.27. The number of carbonyl (C=O) groups is 1. The van der Waals surface area contributed by atoms with Crippen molar-refractivity contribution in [3.8, 4) is 16.9 Å². The second kappa shape index (κ2) is 8.14. The lowest BCUT2D eigenvalue weighted by Crippen LogP contribution is -2.35. The van der Waals surface area contributed by atoms with Gasteiger partial charge in [-0.1, -0.05) is 42.5 Å². The summed E-state index contributed by atoms with van der Waals surface area (Å²) in [6.45, 7) is 5.95. The molecule has 0 aromatic heterocycles. The maximum absolute atomic E-state index is 11.4. The summed E-state index contributed by atoms with van der Waals surface area (Å²) < 4.78 is 11.2. The minimum Gasteiger partial charge on any atom is -0.480 e. The molecule has 0 bridgehead atoms. The van der Waals surface area contributed by atoms with E-state index in [0.29, 0.717) is 5.75 Å². The standard InChI is InChI=1S/C20H24N2O3/c1-15(20(21)23)25-19-9-5-4-8-18(19)17-7-3-2-6-16(17)14-22-10-12-24-13-11-22/h2-9,15H,10-14H2,1H3,(H2,21,23)/t15-/m0/s1. The van der Waals surface area contributed by atoms with Gasteiger partial charge in [0.15, 0.2) is 6.10 Å². The van der Waals surface area contributed by atoms with Crippen LogP contribution in [0.2, 0.25) is 0 Å². The number of nitrogens with two attached hydrogens (primary N) is 1. The largest absolute Gasteiger partial charge is 0.480 e. The number of primary amides is 1. The number of para-hydroxylation sites is 1. The fraction of sp³-hybridized carbons (Fsp3) is 0.350. The number of benzene rings is 2. The molecular weight excluding hydrogens is 316 g/mol. The fourth-order valence-electron chi connectivity index (χ4n) is 2.96. The molecule has 132 valence electrons. The molecule has 0 radical (unpaired) electrons. The van der Waals surface area contributed by atoms with E-state index in [0.717, 1.165) is 44.0 Å². The molecule has 1 aliphatic rings. The molecular formula is C20H24N2O3. The molecule has 5 heteroatoms. The van der Waals surface area contributed by atoms with E-state index in [1.165, 1.54) is 5.56 Å². The van der Waals surface area contributed by atoms with Crippen molar-refractivity contribution in [3.05, 3.63) is 54.1 Å². The highest BCUT2D eigenvalue weighted by Crippen LogP contribution is 2.33. The third-order valence-corrected chi connectivity index (χ3v) is 4.40. The summed E-state index contributed by atoms with van der Waals surface area (Å²) in [5, 5.41) is 0. The number of rotatable bonds is 6. The number of hydrogen-bond acceptors (Lipinski definition) is 4. The lowest BCUT2D eigenvalue weighted by molar-refractivity contribution is -0.123. The van der Waals surface area contributed by atoms with Crippen LogP contribution in [0.1, 0.15) is 12.5 Å². The highest BCUT2D eigenvalue weighted by Gasteiger charge is 2.17. The summed E-state index contributed by atoms with van der Waals surface area (Å²) in [6, 6.07) is 16.1. The van der Waals surface area contributed by atoms with Gasteiger partial charge in [-0.3, -0.25) is 9.69 Å². The first-order valence-electron chi connectivity index (χ1n) is 8.58. The van der Waals surface area contributed by atoms with Crippen LogP contribution < -0.4 is 10.5 Å². The summed E-state index contributed by atoms with van der Waals surface area (Å²) in [7, 11) is 0. The van der Waals surface area contributed by atoms with E-state index in [1.54, 1.807) is 6.92 Å². The Morgan fingerprint density at radius 1 is 1.12 bits per heavy atom. The number of ether oxygens (including phenoxy) is 2. The van der Waals surface area contributed by atoms with Crippen LogP contribution in [0.25, 0.3) is 11.1 Å². The highest BCUT2D eigenvalue weighted by molar-refractivity contribution is 5.80. The molecule has 0 saturated carbocycles. The Morgan fingerprint density at radius 3 is 2.48 bits per heavy atom. The first kappa shape index (κ1) is 17.5. The Balaban J connectivity index is 1.90. The normalized spacial score (nSPS) is 16.4. The molecule has 1 fully saturated rings. The molecule has 2 aromatic rings. The zero-order chi connectivity index (χ0) is 17.6. The van der Waals surface area contributed by atoms with Gasteiger partial charge in [0.2, 0.25) is 0 Å². The summed E-state index contributed by atoms with van der Waals surface area (Å²) in [5.74, 6) is 0.194. The smallest absolute Gasteiger partial charge is 0.258 e. The van der Waals surface area contributed by atoms with Crippen LogP contribution >= 0.6 is 0 Å². The Bertz CT molecular complexity index is 726. The predicted molar refractivity (Wildman–Crippen MR) is 97.3 cm³/mol. The van der Waals surface area contributed by atoms with E-state index in [-0.39, 0.29) is 0 Å². The van der Waals surface area contributed by atoms with Crippen LogP contribution in [0.5, 0.6) is 5.75 Å². The Kier molecular flexibility index (Phi) is 5.68. The van der Waals surface area contributed by atoms with Gasteiger partial charge in [0, 0.05) is 25.2 Å². The van der Waals surface area contributed by atoms with Crippen molar-refractivity contribution in [1.82, 2.24) is 4.90 Å². The summed E-state index contributed by atoms with van der Waals surface area (Å²) in [4.78, 5) is 13.7. The zero-order valence-electron chi connectivity index (χ0n) is 14.5. The van der Waals surface area contributed by atoms with E-state index in [2.05, 4.69) is 23.1 Å². The van der Waals surface area contributed by atoms with E-state index >= 15 is 0 Å². The second-order valence-corrected chi connectivity index (χ2v) is 6.20. The van der Waals surface area contributed by atoms with Crippen LogP contribution in [0.15, 0.2) is 48.5 Å². The summed E-state index contributed by atoms with van der Waals surface area (Å²) in [6.07, 6.45) is -0.674. The van der Waals surface area contributed by atoms with Crippen molar-refractivity contribution in [1.29, 1.82) is 0 Å². The molecule has 0 aliphatic carbocycles. The fourth-order valence-corrected chi connectivity index (χ4v) is 2.96. The van der Waals surface area contributed by atoms with Crippen LogP contribution in [-0.4, -0.2) is 43.2 Å². The van der Waals surface area contributed by atoms with Gasteiger partial charge < -0.3 is 15.2 Å². The Labute approximate surface area is 148 Å². The van der Waals surface area contributed by atoms with Crippen LogP contribution in [-0.2, 0) is 16.1 Å². The molecule has 0 unspecified atom stereocenters. The molecule has 1 atom stereocenters. The van der Waals surface area contributed by atoms with Gasteiger partial charge in [0.05, 0.1) is 13.2 Å². The Hall–Kier alpha value is -2.37. The molecule has 5 nitrogen and oxygen atoms in total. The average molecular weight is 340 g/mol. The monoisotopic (exact) mass is 340 g/mol. The number of nitrogens with zero attached hydrogens (tertiary/aromatic N) is 1. The van der Waals surface area contributed by atoms with E-state index in [9.17, 15) is 4.79 Å². The van der Waals surface area contributed by atoms with E-state index in [1.807, 2.05) is 30.3 Å². The Morgan fingerprint density at radius 2 is 1.76 bits per heavy atom. The van der Waals surface area contributed by atoms with Gasteiger partial charge in [-0.05, 0) is 24.1 Å². The molecule has 1 amide bonds. The lowest BCUT2D eigenvalue weighted by atomic mass is 9.98. The van der Waals surface area contributed by atoms with Gasteiger partial charge in [-0.15, -0.1) is 0 Å². The molecule has 25 heavy (non-hydrogen) atoms. The van der Waals surface area contributed by atoms with Crippen molar-refractivity contribution in [3.63, 3.8) is 0 Å². The molecule has 0 spiro atoms. The van der Waals surface area contributed by atoms with Crippen LogP contribution in [0.3, 0.4) is 0 Å². The minimum atomic E-state index is -0.674. The van der Waals surface area contributed by atoms with Crippen molar-refractivity contribution in [2.75, 3.05) is 26.3 Å². The molecule has 1 heterocycles.